The van der Waals surface area contributed by atoms with Gasteiger partial charge < -0.3 is 4.90 Å². The molecular weight excluding hydrogens is 146 g/mol. The van der Waals surface area contributed by atoms with E-state index in [1.165, 1.54) is 0 Å². The third-order valence-corrected chi connectivity index (χ3v) is 2.10. The van der Waals surface area contributed by atoms with Gasteiger partial charge in [-0.15, -0.1) is 11.8 Å². The first kappa shape index (κ1) is 7.66. The van der Waals surface area contributed by atoms with Crippen LogP contribution in [0.4, 0.5) is 0 Å². The molecule has 1 amide bonds. The Labute approximate surface area is 65.3 Å². The van der Waals surface area contributed by atoms with E-state index in [0.29, 0.717) is 11.8 Å². The van der Waals surface area contributed by atoms with Crippen LogP contribution in [0.1, 0.15) is 13.8 Å². The van der Waals surface area contributed by atoms with Crippen molar-refractivity contribution in [2.45, 2.75) is 19.9 Å². The fourth-order valence-corrected chi connectivity index (χ4v) is 1.45. The summed E-state index contributed by atoms with van der Waals surface area (Å²) in [5.41, 5.74) is 0. The van der Waals surface area contributed by atoms with E-state index < -0.39 is 0 Å². The van der Waals surface area contributed by atoms with E-state index in [0.717, 1.165) is 0 Å². The van der Waals surface area contributed by atoms with Gasteiger partial charge in [0, 0.05) is 12.2 Å². The Hall–Kier alpha value is -0.440. The van der Waals surface area contributed by atoms with E-state index in [-0.39, 0.29) is 5.91 Å². The lowest BCUT2D eigenvalue weighted by molar-refractivity contribution is -0.127. The quantitative estimate of drug-likeness (QED) is 0.574. The second-order valence-electron chi connectivity index (χ2n) is 2.49. The highest BCUT2D eigenvalue weighted by Gasteiger charge is 2.16. The minimum Gasteiger partial charge on any atom is -0.315 e. The van der Waals surface area contributed by atoms with Crippen LogP contribution in [0.2, 0.25) is 0 Å². The summed E-state index contributed by atoms with van der Waals surface area (Å²) in [6, 6.07) is 0.296. The summed E-state index contributed by atoms with van der Waals surface area (Å²) in [5.74, 6) is 0.803. The third kappa shape index (κ3) is 1.53. The fraction of sp³-hybridized carbons (Fsp3) is 0.571. The first-order chi connectivity index (χ1) is 4.72. The summed E-state index contributed by atoms with van der Waals surface area (Å²) < 4.78 is 0. The zero-order valence-corrected chi connectivity index (χ0v) is 7.02. The summed E-state index contributed by atoms with van der Waals surface area (Å²) in [6.07, 6.45) is 1.85. The predicted octanol–water partition coefficient (Wildman–Crippen LogP) is 1.44. The number of hydrogen-bond acceptors (Lipinski definition) is 2. The van der Waals surface area contributed by atoms with Crippen LogP contribution < -0.4 is 0 Å². The van der Waals surface area contributed by atoms with Crippen LogP contribution in [0, 0.1) is 0 Å². The van der Waals surface area contributed by atoms with E-state index >= 15 is 0 Å². The molecule has 0 aromatic carbocycles. The molecule has 10 heavy (non-hydrogen) atoms. The molecule has 0 fully saturated rings. The lowest BCUT2D eigenvalue weighted by atomic mass is 10.3. The van der Waals surface area contributed by atoms with E-state index in [1.54, 1.807) is 16.7 Å². The van der Waals surface area contributed by atoms with Gasteiger partial charge in [-0.2, -0.15) is 0 Å². The van der Waals surface area contributed by atoms with Crippen LogP contribution in [0.15, 0.2) is 11.6 Å². The lowest BCUT2D eigenvalue weighted by Crippen LogP contribution is -2.34. The Morgan fingerprint density at radius 2 is 2.40 bits per heavy atom. The standard InChI is InChI=1S/C7H11NOS/c1-6(2)8-3-4-10-5-7(8)9/h3-4,6H,5H2,1-2H3. The van der Waals surface area contributed by atoms with Crippen LogP contribution in [0.3, 0.4) is 0 Å². The summed E-state index contributed by atoms with van der Waals surface area (Å²) in [4.78, 5) is 12.8. The number of carbonyl (C=O) groups excluding carboxylic acids is 1. The molecule has 0 N–H and O–H groups in total. The molecule has 0 aromatic heterocycles. The van der Waals surface area contributed by atoms with Gasteiger partial charge in [0.15, 0.2) is 0 Å². The molecule has 1 heterocycles. The summed E-state index contributed by atoms with van der Waals surface area (Å²) in [7, 11) is 0. The normalized spacial score (nSPS) is 18.7. The minimum atomic E-state index is 0.211. The van der Waals surface area contributed by atoms with Crippen molar-refractivity contribution in [3.63, 3.8) is 0 Å². The van der Waals surface area contributed by atoms with Gasteiger partial charge in [-0.05, 0) is 19.3 Å². The van der Waals surface area contributed by atoms with Crippen LogP contribution >= 0.6 is 11.8 Å². The number of nitrogens with zero attached hydrogens (tertiary/aromatic N) is 1. The Morgan fingerprint density at radius 3 is 2.80 bits per heavy atom. The van der Waals surface area contributed by atoms with Gasteiger partial charge in [0.05, 0.1) is 5.75 Å². The van der Waals surface area contributed by atoms with Gasteiger partial charge in [-0.25, -0.2) is 0 Å². The summed E-state index contributed by atoms with van der Waals surface area (Å²) in [6.45, 7) is 4.02. The Kier molecular flexibility index (Phi) is 2.38. The van der Waals surface area contributed by atoms with Crippen molar-refractivity contribution in [3.8, 4) is 0 Å². The van der Waals surface area contributed by atoms with Gasteiger partial charge in [0.2, 0.25) is 5.91 Å². The van der Waals surface area contributed by atoms with E-state index in [9.17, 15) is 4.79 Å². The van der Waals surface area contributed by atoms with Crippen molar-refractivity contribution in [1.29, 1.82) is 0 Å². The maximum atomic E-state index is 11.1. The number of hydrogen-bond donors (Lipinski definition) is 0. The highest BCUT2D eigenvalue weighted by atomic mass is 32.2. The Morgan fingerprint density at radius 1 is 1.70 bits per heavy atom. The van der Waals surface area contributed by atoms with Gasteiger partial charge in [-0.3, -0.25) is 4.79 Å². The highest BCUT2D eigenvalue weighted by molar-refractivity contribution is 8.02. The van der Waals surface area contributed by atoms with Gasteiger partial charge in [0.1, 0.15) is 0 Å². The molecule has 2 nitrogen and oxygen atoms in total. The molecular formula is C7H11NOS. The molecule has 0 saturated heterocycles. The zero-order valence-electron chi connectivity index (χ0n) is 6.20. The van der Waals surface area contributed by atoms with Crippen LogP contribution in [0.5, 0.6) is 0 Å². The van der Waals surface area contributed by atoms with E-state index in [1.807, 2.05) is 25.5 Å². The van der Waals surface area contributed by atoms with E-state index in [2.05, 4.69) is 0 Å². The Bertz CT molecular complexity index is 165. The lowest BCUT2D eigenvalue weighted by Gasteiger charge is -2.24. The molecule has 1 aliphatic heterocycles. The maximum Gasteiger partial charge on any atom is 0.237 e. The molecule has 0 unspecified atom stereocenters. The smallest absolute Gasteiger partial charge is 0.237 e. The molecule has 1 aliphatic rings. The van der Waals surface area contributed by atoms with E-state index in [4.69, 9.17) is 0 Å². The van der Waals surface area contributed by atoms with Crippen molar-refractivity contribution in [1.82, 2.24) is 4.90 Å². The number of carbonyl (C=O) groups is 1. The highest BCUT2D eigenvalue weighted by Crippen LogP contribution is 2.14. The topological polar surface area (TPSA) is 20.3 Å². The maximum absolute atomic E-state index is 11.1. The van der Waals surface area contributed by atoms with Crippen molar-refractivity contribution >= 4 is 17.7 Å². The number of amides is 1. The first-order valence-electron chi connectivity index (χ1n) is 3.31. The molecule has 0 atom stereocenters. The fourth-order valence-electron chi connectivity index (χ4n) is 0.846. The van der Waals surface area contributed by atoms with Gasteiger partial charge in [-0.1, -0.05) is 0 Å². The second kappa shape index (κ2) is 3.10. The molecule has 0 bridgehead atoms. The average Bonchev–Trinajstić information content (AvgIpc) is 1.88. The van der Waals surface area contributed by atoms with Gasteiger partial charge >= 0.3 is 0 Å². The monoisotopic (exact) mass is 157 g/mol. The molecule has 3 heteroatoms. The predicted molar refractivity (Wildman–Crippen MR) is 43.6 cm³/mol. The molecule has 0 aromatic rings. The minimum absolute atomic E-state index is 0.211. The first-order valence-corrected chi connectivity index (χ1v) is 4.36. The molecule has 0 radical (unpaired) electrons. The van der Waals surface area contributed by atoms with Crippen LogP contribution in [0.25, 0.3) is 0 Å². The van der Waals surface area contributed by atoms with Crippen molar-refractivity contribution in [2.75, 3.05) is 5.75 Å². The molecule has 0 spiro atoms. The average molecular weight is 157 g/mol. The second-order valence-corrected chi connectivity index (χ2v) is 3.39. The molecule has 0 saturated carbocycles. The summed E-state index contributed by atoms with van der Waals surface area (Å²) >= 11 is 1.55. The molecule has 56 valence electrons. The number of thioether (sulfide) groups is 1. The van der Waals surface area contributed by atoms with Gasteiger partial charge in [0.25, 0.3) is 0 Å². The zero-order chi connectivity index (χ0) is 7.56. The Balaban J connectivity index is 2.64. The SMILES string of the molecule is CC(C)N1C=CSCC1=O. The largest absolute Gasteiger partial charge is 0.315 e. The van der Waals surface area contributed by atoms with Crippen LogP contribution in [-0.2, 0) is 4.79 Å². The van der Waals surface area contributed by atoms with Crippen molar-refractivity contribution < 1.29 is 4.79 Å². The third-order valence-electron chi connectivity index (χ3n) is 1.37. The van der Waals surface area contributed by atoms with Crippen molar-refractivity contribution in [3.05, 3.63) is 11.6 Å². The van der Waals surface area contributed by atoms with Crippen molar-refractivity contribution in [2.24, 2.45) is 0 Å². The number of rotatable bonds is 1. The molecule has 0 aliphatic carbocycles. The molecule has 1 rings (SSSR count). The van der Waals surface area contributed by atoms with Crippen LogP contribution in [-0.4, -0.2) is 22.6 Å². The summed E-state index contributed by atoms with van der Waals surface area (Å²) in [5, 5.41) is 1.96.